The van der Waals surface area contributed by atoms with Crippen molar-refractivity contribution < 1.29 is 0 Å². The van der Waals surface area contributed by atoms with Gasteiger partial charge in [0.25, 0.3) is 0 Å². The summed E-state index contributed by atoms with van der Waals surface area (Å²) < 4.78 is 7.20. The molecule has 0 saturated heterocycles. The van der Waals surface area contributed by atoms with Crippen molar-refractivity contribution in [1.29, 1.82) is 0 Å². The summed E-state index contributed by atoms with van der Waals surface area (Å²) in [6, 6.07) is 88.5. The van der Waals surface area contributed by atoms with Crippen LogP contribution in [0.2, 0.25) is 0 Å². The van der Waals surface area contributed by atoms with E-state index >= 15 is 0 Å². The molecule has 13 aromatic rings. The molecule has 1 unspecified atom stereocenters. The van der Waals surface area contributed by atoms with E-state index in [-0.39, 0.29) is 0 Å². The van der Waals surface area contributed by atoms with E-state index < -0.39 is 0 Å². The second-order valence-electron chi connectivity index (χ2n) is 19.1. The summed E-state index contributed by atoms with van der Waals surface area (Å²) in [5.41, 5.74) is 17.2. The Kier molecular flexibility index (Phi) is 9.81. The van der Waals surface area contributed by atoms with E-state index in [1.54, 1.807) is 0 Å². The predicted octanol–water partition coefficient (Wildman–Crippen LogP) is 18.1. The van der Waals surface area contributed by atoms with Gasteiger partial charge in [0.15, 0.2) is 0 Å². The molecule has 0 radical (unpaired) electrons. The van der Waals surface area contributed by atoms with Gasteiger partial charge in [-0.3, -0.25) is 0 Å². The van der Waals surface area contributed by atoms with Crippen molar-refractivity contribution in [2.24, 2.45) is 5.92 Å². The van der Waals surface area contributed by atoms with Crippen molar-refractivity contribution in [3.8, 4) is 17.1 Å². The van der Waals surface area contributed by atoms with Crippen LogP contribution in [-0.2, 0) is 0 Å². The zero-order valence-corrected chi connectivity index (χ0v) is 39.8. The molecule has 5 heteroatoms. The molecule has 5 nitrogen and oxygen atoms in total. The Morgan fingerprint density at radius 3 is 1.06 bits per heavy atom. The lowest BCUT2D eigenvalue weighted by Crippen LogP contribution is -2.17. The average molecular weight is 924 g/mol. The van der Waals surface area contributed by atoms with Crippen molar-refractivity contribution in [1.82, 2.24) is 13.7 Å². The summed E-state index contributed by atoms with van der Waals surface area (Å²) >= 11 is 0. The number of hydrogen-bond acceptors (Lipinski definition) is 2. The Balaban J connectivity index is 0.980. The topological polar surface area (TPSA) is 21.3 Å². The molecule has 0 fully saturated rings. The highest BCUT2D eigenvalue weighted by Crippen LogP contribution is 2.45. The van der Waals surface area contributed by atoms with Crippen LogP contribution in [-0.4, -0.2) is 13.7 Å². The highest BCUT2D eigenvalue weighted by atomic mass is 15.2. The van der Waals surface area contributed by atoms with Gasteiger partial charge in [-0.1, -0.05) is 128 Å². The fourth-order valence-corrected chi connectivity index (χ4v) is 11.5. The highest BCUT2D eigenvalue weighted by Gasteiger charge is 2.24. The molecule has 1 aliphatic rings. The number of benzene rings is 10. The summed E-state index contributed by atoms with van der Waals surface area (Å²) in [4.78, 5) is 4.88. The lowest BCUT2D eigenvalue weighted by molar-refractivity contribution is 0.726. The first-order valence-electron chi connectivity index (χ1n) is 25.0. The second kappa shape index (κ2) is 17.0. The van der Waals surface area contributed by atoms with E-state index in [9.17, 15) is 0 Å². The summed E-state index contributed by atoms with van der Waals surface area (Å²) in [7, 11) is 0. The molecule has 10 aromatic carbocycles. The molecular formula is C67H49N5. The number of fused-ring (bicyclic) bond motifs is 9. The minimum Gasteiger partial charge on any atom is -0.311 e. The molecule has 72 heavy (non-hydrogen) atoms. The smallest absolute Gasteiger partial charge is 0.0542 e. The highest BCUT2D eigenvalue weighted by molar-refractivity contribution is 6.14. The van der Waals surface area contributed by atoms with Gasteiger partial charge in [-0.05, 0) is 152 Å². The molecule has 1 aliphatic carbocycles. The molecule has 1 atom stereocenters. The summed E-state index contributed by atoms with van der Waals surface area (Å²) in [6.07, 6.45) is 8.08. The quantitative estimate of drug-likeness (QED) is 0.144. The largest absolute Gasteiger partial charge is 0.311 e. The van der Waals surface area contributed by atoms with Gasteiger partial charge < -0.3 is 23.5 Å². The van der Waals surface area contributed by atoms with Crippen LogP contribution in [0.15, 0.2) is 267 Å². The molecule has 0 N–H and O–H groups in total. The fraction of sp³-hybridized carbons (Fsp3) is 0.0448. The maximum absolute atomic E-state index is 2.46. The van der Waals surface area contributed by atoms with E-state index in [0.29, 0.717) is 5.92 Å². The number of allylic oxidation sites excluding steroid dienone is 3. The number of para-hydroxylation sites is 6. The number of anilines is 5. The minimum atomic E-state index is 0.403. The van der Waals surface area contributed by atoms with Gasteiger partial charge >= 0.3 is 0 Å². The van der Waals surface area contributed by atoms with Crippen molar-refractivity contribution in [2.45, 2.75) is 13.3 Å². The van der Waals surface area contributed by atoms with E-state index in [1.807, 2.05) is 0 Å². The number of aromatic nitrogens is 3. The van der Waals surface area contributed by atoms with E-state index in [1.165, 1.54) is 60.1 Å². The van der Waals surface area contributed by atoms with Crippen molar-refractivity contribution in [3.05, 3.63) is 267 Å². The Bertz CT molecular complexity index is 4250. The molecule has 342 valence electrons. The van der Waals surface area contributed by atoms with Gasteiger partial charge in [0.05, 0.1) is 33.1 Å². The molecule has 0 spiro atoms. The zero-order chi connectivity index (χ0) is 47.7. The van der Waals surface area contributed by atoms with Crippen LogP contribution in [0, 0.1) is 5.92 Å². The van der Waals surface area contributed by atoms with Crippen molar-refractivity contribution in [3.63, 3.8) is 0 Å². The Hall–Kier alpha value is -9.32. The van der Waals surface area contributed by atoms with E-state index in [0.717, 1.165) is 63.0 Å². The number of nitrogens with zero attached hydrogens (tertiary/aromatic N) is 5. The Morgan fingerprint density at radius 2 is 0.653 bits per heavy atom. The molecule has 0 saturated carbocycles. The maximum atomic E-state index is 2.46. The van der Waals surface area contributed by atoms with Crippen LogP contribution in [0.5, 0.6) is 0 Å². The van der Waals surface area contributed by atoms with Gasteiger partial charge in [0, 0.05) is 83.5 Å². The van der Waals surface area contributed by atoms with E-state index in [2.05, 4.69) is 291 Å². The molecule has 0 amide bonds. The first kappa shape index (κ1) is 41.6. The second-order valence-corrected chi connectivity index (χ2v) is 19.1. The van der Waals surface area contributed by atoms with Crippen LogP contribution >= 0.6 is 0 Å². The lowest BCUT2D eigenvalue weighted by Gasteiger charge is -2.29. The molecule has 3 aromatic heterocycles. The number of rotatable bonds is 9. The minimum absolute atomic E-state index is 0.403. The van der Waals surface area contributed by atoms with Gasteiger partial charge in [-0.25, -0.2) is 0 Å². The lowest BCUT2D eigenvalue weighted by atomic mass is 9.99. The molecular weight excluding hydrogens is 875 g/mol. The third-order valence-corrected chi connectivity index (χ3v) is 14.6. The van der Waals surface area contributed by atoms with Crippen LogP contribution in [0.25, 0.3) is 82.5 Å². The van der Waals surface area contributed by atoms with Crippen LogP contribution in [0.1, 0.15) is 13.3 Å². The SMILES string of the molecule is CC1C=C(N(c2ccc3c(c2)c2ccccc2n3-c2ccccc2)c2ccc3c(c2)c2cc(N(c4ccccc4)c4ccc5c(c4)c4ccccc4n5-c4ccccc4)ccc2n3-c2ccccc2)C=CC1. The molecule has 0 aliphatic heterocycles. The van der Waals surface area contributed by atoms with Gasteiger partial charge in [0.1, 0.15) is 0 Å². The van der Waals surface area contributed by atoms with Gasteiger partial charge in [-0.15, -0.1) is 0 Å². The molecule has 3 heterocycles. The van der Waals surface area contributed by atoms with Crippen LogP contribution in [0.4, 0.5) is 28.4 Å². The average Bonchev–Trinajstić information content (AvgIpc) is 4.07. The van der Waals surface area contributed by atoms with Crippen molar-refractivity contribution >= 4 is 93.9 Å². The van der Waals surface area contributed by atoms with Crippen LogP contribution < -0.4 is 9.80 Å². The summed E-state index contributed by atoms with van der Waals surface area (Å²) in [5, 5.41) is 7.26. The Morgan fingerprint density at radius 1 is 0.319 bits per heavy atom. The monoisotopic (exact) mass is 923 g/mol. The third-order valence-electron chi connectivity index (χ3n) is 14.6. The Labute approximate surface area is 418 Å². The first-order chi connectivity index (χ1) is 35.6. The van der Waals surface area contributed by atoms with Crippen molar-refractivity contribution in [2.75, 3.05) is 9.80 Å². The zero-order valence-electron chi connectivity index (χ0n) is 39.8. The third kappa shape index (κ3) is 6.77. The van der Waals surface area contributed by atoms with E-state index in [4.69, 9.17) is 0 Å². The molecule has 0 bridgehead atoms. The van der Waals surface area contributed by atoms with Gasteiger partial charge in [0.2, 0.25) is 0 Å². The summed E-state index contributed by atoms with van der Waals surface area (Å²) in [5.74, 6) is 0.403. The predicted molar refractivity (Wildman–Crippen MR) is 304 cm³/mol. The normalized spacial score (nSPS) is 13.7. The first-order valence-corrected chi connectivity index (χ1v) is 25.0. The van der Waals surface area contributed by atoms with Gasteiger partial charge in [-0.2, -0.15) is 0 Å². The number of hydrogen-bond donors (Lipinski definition) is 0. The molecule has 14 rings (SSSR count). The fourth-order valence-electron chi connectivity index (χ4n) is 11.5. The summed E-state index contributed by atoms with van der Waals surface area (Å²) in [6.45, 7) is 2.31. The maximum Gasteiger partial charge on any atom is 0.0542 e. The van der Waals surface area contributed by atoms with Crippen LogP contribution in [0.3, 0.4) is 0 Å². The standard InChI is InChI=1S/C67H49N5/c1-46-19-18-28-51(41-46)69(54-35-38-65-59(43-54)57-30-15-17-32-63(57)71(65)49-24-10-4-11-25-49)55-36-40-67-61(45-55)60-44-53(34-39-66(60)72(67)50-26-12-5-13-27-50)68(47-20-6-2-7-21-47)52-33-37-64-58(42-52)56-29-14-16-31-62(56)70(64)48-22-8-3-9-23-48/h2-18,20-46H,19H2,1H3.